The lowest BCUT2D eigenvalue weighted by atomic mass is 10.0. The van der Waals surface area contributed by atoms with Crippen LogP contribution in [0, 0.1) is 5.82 Å². The van der Waals surface area contributed by atoms with Crippen LogP contribution < -0.4 is 5.32 Å². The van der Waals surface area contributed by atoms with E-state index in [9.17, 15) is 9.18 Å². The van der Waals surface area contributed by atoms with Crippen molar-refractivity contribution in [1.82, 2.24) is 20.1 Å². The predicted molar refractivity (Wildman–Crippen MR) is 82.3 cm³/mol. The van der Waals surface area contributed by atoms with Crippen LogP contribution in [0.4, 0.5) is 4.39 Å². The van der Waals surface area contributed by atoms with Crippen molar-refractivity contribution < 1.29 is 18.7 Å². The van der Waals surface area contributed by atoms with Crippen molar-refractivity contribution in [2.24, 2.45) is 0 Å². The first-order valence-corrected chi connectivity index (χ1v) is 8.21. The minimum absolute atomic E-state index is 0.0121. The largest absolute Gasteiger partial charge is 0.377 e. The van der Waals surface area contributed by atoms with Crippen molar-refractivity contribution in [1.29, 1.82) is 0 Å². The molecular weight excluding hydrogens is 315 g/mol. The number of carbonyl (C=O) groups excluding carboxylic acids is 1. The van der Waals surface area contributed by atoms with Crippen LogP contribution in [0.15, 0.2) is 18.5 Å². The van der Waals surface area contributed by atoms with E-state index < -0.39 is 5.82 Å². The number of aromatic nitrogens is 1. The Kier molecular flexibility index (Phi) is 4.21. The van der Waals surface area contributed by atoms with Crippen LogP contribution >= 0.6 is 0 Å². The maximum atomic E-state index is 14.1. The van der Waals surface area contributed by atoms with Gasteiger partial charge in [0.2, 0.25) is 5.91 Å². The maximum Gasteiger partial charge on any atom is 0.226 e. The van der Waals surface area contributed by atoms with Gasteiger partial charge in [0, 0.05) is 37.8 Å². The molecule has 2 unspecified atom stereocenters. The highest BCUT2D eigenvalue weighted by molar-refractivity contribution is 5.78. The molecule has 130 valence electrons. The molecular formula is C16H21FN4O3. The molecule has 0 aliphatic carbocycles. The van der Waals surface area contributed by atoms with Crippen LogP contribution in [0.25, 0.3) is 0 Å². The fourth-order valence-corrected chi connectivity index (χ4v) is 3.76. The van der Waals surface area contributed by atoms with Crippen LogP contribution in [0.5, 0.6) is 0 Å². The highest BCUT2D eigenvalue weighted by Crippen LogP contribution is 2.29. The van der Waals surface area contributed by atoms with Crippen molar-refractivity contribution in [3.63, 3.8) is 0 Å². The highest BCUT2D eigenvalue weighted by atomic mass is 19.1. The molecule has 4 heterocycles. The fraction of sp³-hybridized carbons (Fsp3) is 0.625. The van der Waals surface area contributed by atoms with E-state index in [1.165, 1.54) is 6.20 Å². The SMILES string of the molecule is CN1C(=O)CC(c2ccncc2F)NC1N1CCO[C@@H]2COC[C@H]21. The molecule has 0 aromatic carbocycles. The summed E-state index contributed by atoms with van der Waals surface area (Å²) in [6.07, 6.45) is 2.68. The van der Waals surface area contributed by atoms with Gasteiger partial charge in [-0.3, -0.25) is 20.0 Å². The molecule has 1 aromatic rings. The lowest BCUT2D eigenvalue weighted by Crippen LogP contribution is -2.67. The minimum atomic E-state index is -0.393. The standard InChI is InChI=1S/C16H21FN4O3/c1-20-15(22)6-12(10-2-3-18-7-11(10)17)19-16(20)21-4-5-24-14-9-23-8-13(14)21/h2-3,7,12-14,16,19H,4-6,8-9H2,1H3/t12?,13-,14-,16?/m1/s1. The molecule has 0 radical (unpaired) electrons. The Hall–Kier alpha value is -1.61. The highest BCUT2D eigenvalue weighted by Gasteiger charge is 2.44. The molecule has 0 spiro atoms. The third-order valence-electron chi connectivity index (χ3n) is 5.09. The van der Waals surface area contributed by atoms with Crippen LogP contribution in [0.3, 0.4) is 0 Å². The summed E-state index contributed by atoms with van der Waals surface area (Å²) >= 11 is 0. The van der Waals surface area contributed by atoms with Crippen LogP contribution in [0.1, 0.15) is 18.0 Å². The van der Waals surface area contributed by atoms with E-state index in [1.807, 2.05) is 0 Å². The number of morpholine rings is 1. The average Bonchev–Trinajstić information content (AvgIpc) is 3.06. The van der Waals surface area contributed by atoms with Gasteiger partial charge < -0.3 is 14.4 Å². The van der Waals surface area contributed by atoms with Gasteiger partial charge in [-0.1, -0.05) is 0 Å². The number of rotatable bonds is 2. The summed E-state index contributed by atoms with van der Waals surface area (Å²) in [7, 11) is 1.78. The molecule has 0 saturated carbocycles. The Morgan fingerprint density at radius 3 is 3.12 bits per heavy atom. The molecule has 1 N–H and O–H groups in total. The quantitative estimate of drug-likeness (QED) is 0.826. The number of halogens is 1. The van der Waals surface area contributed by atoms with E-state index >= 15 is 0 Å². The van der Waals surface area contributed by atoms with Crippen LogP contribution in [-0.2, 0) is 14.3 Å². The topological polar surface area (TPSA) is 66.9 Å². The molecule has 3 aliphatic heterocycles. The minimum Gasteiger partial charge on any atom is -0.377 e. The van der Waals surface area contributed by atoms with Gasteiger partial charge >= 0.3 is 0 Å². The third-order valence-corrected chi connectivity index (χ3v) is 5.09. The number of amides is 1. The normalized spacial score (nSPS) is 34.4. The Morgan fingerprint density at radius 1 is 1.42 bits per heavy atom. The molecule has 3 fully saturated rings. The first-order chi connectivity index (χ1) is 11.6. The van der Waals surface area contributed by atoms with Gasteiger partial charge in [-0.2, -0.15) is 0 Å². The van der Waals surface area contributed by atoms with Crippen molar-refractivity contribution in [3.05, 3.63) is 29.8 Å². The Balaban J connectivity index is 1.59. The van der Waals surface area contributed by atoms with Gasteiger partial charge in [0.15, 0.2) is 0 Å². The molecule has 1 aromatic heterocycles. The fourth-order valence-electron chi connectivity index (χ4n) is 3.76. The Labute approximate surface area is 139 Å². The molecule has 8 heteroatoms. The monoisotopic (exact) mass is 336 g/mol. The van der Waals surface area contributed by atoms with Crippen molar-refractivity contribution in [2.45, 2.75) is 30.9 Å². The second-order valence-corrected chi connectivity index (χ2v) is 6.45. The zero-order valence-electron chi connectivity index (χ0n) is 13.5. The summed E-state index contributed by atoms with van der Waals surface area (Å²) in [6.45, 7) is 2.46. The van der Waals surface area contributed by atoms with E-state index in [4.69, 9.17) is 9.47 Å². The molecule has 4 rings (SSSR count). The first kappa shape index (κ1) is 15.9. The second-order valence-electron chi connectivity index (χ2n) is 6.45. The number of hydrogen-bond acceptors (Lipinski definition) is 6. The smallest absolute Gasteiger partial charge is 0.226 e. The zero-order chi connectivity index (χ0) is 16.7. The number of hydrogen-bond donors (Lipinski definition) is 1. The van der Waals surface area contributed by atoms with Gasteiger partial charge in [-0.25, -0.2) is 4.39 Å². The lowest BCUT2D eigenvalue weighted by molar-refractivity contribution is -0.153. The van der Waals surface area contributed by atoms with Crippen LogP contribution in [-0.4, -0.2) is 72.5 Å². The first-order valence-electron chi connectivity index (χ1n) is 8.21. The number of pyridine rings is 1. The zero-order valence-corrected chi connectivity index (χ0v) is 13.5. The number of fused-ring (bicyclic) bond motifs is 1. The van der Waals surface area contributed by atoms with E-state index in [-0.39, 0.29) is 36.8 Å². The van der Waals surface area contributed by atoms with Gasteiger partial charge in [0.25, 0.3) is 0 Å². The molecule has 0 bridgehead atoms. The van der Waals surface area contributed by atoms with E-state index in [1.54, 1.807) is 24.2 Å². The number of nitrogens with zero attached hydrogens (tertiary/aromatic N) is 3. The molecule has 7 nitrogen and oxygen atoms in total. The predicted octanol–water partition coefficient (Wildman–Crippen LogP) is 0.0967. The molecule has 1 amide bonds. The van der Waals surface area contributed by atoms with E-state index in [2.05, 4.69) is 15.2 Å². The summed E-state index contributed by atoms with van der Waals surface area (Å²) < 4.78 is 25.4. The Morgan fingerprint density at radius 2 is 2.29 bits per heavy atom. The molecule has 3 aliphatic rings. The molecule has 4 atom stereocenters. The summed E-state index contributed by atoms with van der Waals surface area (Å²) in [5.41, 5.74) is 0.476. The second kappa shape index (κ2) is 6.36. The van der Waals surface area contributed by atoms with Crippen molar-refractivity contribution in [2.75, 3.05) is 33.4 Å². The maximum absolute atomic E-state index is 14.1. The van der Waals surface area contributed by atoms with Crippen LogP contribution in [0.2, 0.25) is 0 Å². The average molecular weight is 336 g/mol. The number of carbonyl (C=O) groups is 1. The van der Waals surface area contributed by atoms with E-state index in [0.717, 1.165) is 0 Å². The summed E-state index contributed by atoms with van der Waals surface area (Å²) in [6, 6.07) is 1.36. The van der Waals surface area contributed by atoms with Gasteiger partial charge in [-0.05, 0) is 6.07 Å². The molecule has 24 heavy (non-hydrogen) atoms. The van der Waals surface area contributed by atoms with Gasteiger partial charge in [0.1, 0.15) is 12.1 Å². The summed E-state index contributed by atoms with van der Waals surface area (Å²) in [5.74, 6) is -0.405. The number of nitrogens with one attached hydrogen (secondary N) is 1. The summed E-state index contributed by atoms with van der Waals surface area (Å²) in [4.78, 5) is 20.2. The van der Waals surface area contributed by atoms with Gasteiger partial charge in [-0.15, -0.1) is 0 Å². The lowest BCUT2D eigenvalue weighted by Gasteiger charge is -2.48. The van der Waals surface area contributed by atoms with Crippen molar-refractivity contribution >= 4 is 5.91 Å². The number of ether oxygens (including phenoxy) is 2. The molecule has 3 saturated heterocycles. The van der Waals surface area contributed by atoms with E-state index in [0.29, 0.717) is 31.9 Å². The third kappa shape index (κ3) is 2.69. The Bertz CT molecular complexity index is 631. The summed E-state index contributed by atoms with van der Waals surface area (Å²) in [5, 5.41) is 3.43. The van der Waals surface area contributed by atoms with Crippen molar-refractivity contribution in [3.8, 4) is 0 Å². The van der Waals surface area contributed by atoms with Gasteiger partial charge in [0.05, 0.1) is 38.2 Å².